The summed E-state index contributed by atoms with van der Waals surface area (Å²) in [5.41, 5.74) is 11.5. The van der Waals surface area contributed by atoms with Gasteiger partial charge in [0.05, 0.1) is 11.3 Å². The van der Waals surface area contributed by atoms with Gasteiger partial charge in [0, 0.05) is 24.4 Å². The average Bonchev–Trinajstić information content (AvgIpc) is 2.69. The van der Waals surface area contributed by atoms with Crippen molar-refractivity contribution in [1.82, 2.24) is 4.98 Å². The Morgan fingerprint density at radius 3 is 2.26 bits per heavy atom. The highest BCUT2D eigenvalue weighted by Crippen LogP contribution is 2.34. The fourth-order valence-electron chi connectivity index (χ4n) is 3.43. The first-order chi connectivity index (χ1) is 14.6. The predicted molar refractivity (Wildman–Crippen MR) is 122 cm³/mol. The molecule has 2 aromatic rings. The van der Waals surface area contributed by atoms with Gasteiger partial charge in [-0.3, -0.25) is 9.78 Å². The molecule has 1 heterocycles. The van der Waals surface area contributed by atoms with Crippen LogP contribution >= 0.6 is 0 Å². The molecule has 2 N–H and O–H groups in total. The van der Waals surface area contributed by atoms with E-state index < -0.39 is 5.97 Å². The Kier molecular flexibility index (Phi) is 8.48. The summed E-state index contributed by atoms with van der Waals surface area (Å²) in [6, 6.07) is 7.94. The zero-order valence-corrected chi connectivity index (χ0v) is 19.5. The molecule has 0 spiro atoms. The quantitative estimate of drug-likeness (QED) is 0.605. The lowest BCUT2D eigenvalue weighted by atomic mass is 9.85. The van der Waals surface area contributed by atoms with E-state index in [0.29, 0.717) is 17.9 Å². The maximum Gasteiger partial charge on any atom is 0.341 e. The van der Waals surface area contributed by atoms with Crippen LogP contribution in [0.1, 0.15) is 60.6 Å². The normalized spacial score (nSPS) is 11.5. The second-order valence-electron chi connectivity index (χ2n) is 8.93. The number of benzene rings is 1. The summed E-state index contributed by atoms with van der Waals surface area (Å²) in [7, 11) is 0. The molecular weight excluding hydrogens is 392 g/mol. The van der Waals surface area contributed by atoms with Crippen LogP contribution in [-0.2, 0) is 27.2 Å². The van der Waals surface area contributed by atoms with Crippen LogP contribution in [0.5, 0.6) is 0 Å². The molecule has 0 saturated heterocycles. The van der Waals surface area contributed by atoms with E-state index in [4.69, 9.17) is 20.2 Å². The second-order valence-corrected chi connectivity index (χ2v) is 8.93. The highest BCUT2D eigenvalue weighted by atomic mass is 16.5. The number of Topliss-reactive ketones (excluding diaryl/α,β-unsaturated/α-hetero) is 1. The molecule has 6 heteroatoms. The Bertz CT molecular complexity index is 928. The highest BCUT2D eigenvalue weighted by Gasteiger charge is 2.26. The van der Waals surface area contributed by atoms with Gasteiger partial charge in [0.25, 0.3) is 0 Å². The maximum absolute atomic E-state index is 13.1. The molecular formula is C25H34N2O4. The van der Waals surface area contributed by atoms with E-state index in [2.05, 4.69) is 20.8 Å². The molecule has 0 aliphatic rings. The van der Waals surface area contributed by atoms with Crippen molar-refractivity contribution in [2.24, 2.45) is 11.1 Å². The van der Waals surface area contributed by atoms with Crippen LogP contribution in [0.3, 0.4) is 0 Å². The first-order valence-electron chi connectivity index (χ1n) is 10.6. The van der Waals surface area contributed by atoms with E-state index in [-0.39, 0.29) is 31.0 Å². The third-order valence-corrected chi connectivity index (χ3v) is 4.84. The third-order valence-electron chi connectivity index (χ3n) is 4.84. The van der Waals surface area contributed by atoms with Crippen molar-refractivity contribution in [3.63, 3.8) is 0 Å². The molecule has 0 radical (unpaired) electrons. The molecule has 6 nitrogen and oxygen atoms in total. The SMILES string of the molecule is CCOCC(=O)COC(=O)c1c(C)nc(CC(C)(C)C)c(CN)c1-c1ccc(C)cc1. The molecule has 0 fully saturated rings. The monoisotopic (exact) mass is 426 g/mol. The van der Waals surface area contributed by atoms with Gasteiger partial charge in [-0.2, -0.15) is 0 Å². The van der Waals surface area contributed by atoms with E-state index >= 15 is 0 Å². The maximum atomic E-state index is 13.1. The number of aromatic nitrogens is 1. The Morgan fingerprint density at radius 2 is 1.71 bits per heavy atom. The van der Waals surface area contributed by atoms with Crippen LogP contribution in [0.4, 0.5) is 0 Å². The minimum Gasteiger partial charge on any atom is -0.454 e. The lowest BCUT2D eigenvalue weighted by Crippen LogP contribution is -2.22. The molecule has 0 atom stereocenters. The molecule has 168 valence electrons. The van der Waals surface area contributed by atoms with E-state index in [1.165, 1.54) is 0 Å². The van der Waals surface area contributed by atoms with Crippen LogP contribution in [-0.4, -0.2) is 36.6 Å². The van der Waals surface area contributed by atoms with Gasteiger partial charge in [-0.1, -0.05) is 50.6 Å². The smallest absolute Gasteiger partial charge is 0.341 e. The number of aryl methyl sites for hydroxylation is 2. The number of ether oxygens (including phenoxy) is 2. The number of ketones is 1. The number of nitrogens with zero attached hydrogens (tertiary/aromatic N) is 1. The lowest BCUT2D eigenvalue weighted by molar-refractivity contribution is -0.126. The number of pyridine rings is 1. The van der Waals surface area contributed by atoms with Crippen molar-refractivity contribution in [3.05, 3.63) is 52.3 Å². The van der Waals surface area contributed by atoms with Crippen LogP contribution in [0.2, 0.25) is 0 Å². The molecule has 31 heavy (non-hydrogen) atoms. The molecule has 0 unspecified atom stereocenters. The van der Waals surface area contributed by atoms with E-state index in [1.54, 1.807) is 13.8 Å². The fraction of sp³-hybridized carbons (Fsp3) is 0.480. The van der Waals surface area contributed by atoms with Gasteiger partial charge in [-0.05, 0) is 43.7 Å². The summed E-state index contributed by atoms with van der Waals surface area (Å²) in [5.74, 6) is -0.872. The molecule has 0 saturated carbocycles. The van der Waals surface area contributed by atoms with Gasteiger partial charge in [-0.15, -0.1) is 0 Å². The van der Waals surface area contributed by atoms with Crippen molar-refractivity contribution < 1.29 is 19.1 Å². The van der Waals surface area contributed by atoms with Crippen molar-refractivity contribution in [3.8, 4) is 11.1 Å². The van der Waals surface area contributed by atoms with Crippen molar-refractivity contribution in [1.29, 1.82) is 0 Å². The van der Waals surface area contributed by atoms with Crippen molar-refractivity contribution >= 4 is 11.8 Å². The Hall–Kier alpha value is -2.57. The van der Waals surface area contributed by atoms with E-state index in [1.807, 2.05) is 31.2 Å². The van der Waals surface area contributed by atoms with Gasteiger partial charge in [0.15, 0.2) is 12.4 Å². The molecule has 0 bridgehead atoms. The second kappa shape index (κ2) is 10.6. The number of rotatable bonds is 9. The third kappa shape index (κ3) is 6.71. The standard InChI is InChI=1S/C25H34N2O4/c1-7-30-14-19(28)15-31-24(29)22-17(3)27-21(12-25(4,5)6)20(13-26)23(22)18-10-8-16(2)9-11-18/h8-11H,7,12-15,26H2,1-6H3. The number of hydrogen-bond donors (Lipinski definition) is 1. The first-order valence-corrected chi connectivity index (χ1v) is 10.6. The number of hydrogen-bond acceptors (Lipinski definition) is 6. The molecule has 1 aromatic heterocycles. The van der Waals surface area contributed by atoms with Gasteiger partial charge in [0.1, 0.15) is 6.61 Å². The summed E-state index contributed by atoms with van der Waals surface area (Å²) in [6.45, 7) is 12.3. The lowest BCUT2D eigenvalue weighted by Gasteiger charge is -2.24. The average molecular weight is 427 g/mol. The van der Waals surface area contributed by atoms with Crippen LogP contribution < -0.4 is 5.73 Å². The molecule has 1 aromatic carbocycles. The number of carbonyl (C=O) groups excluding carboxylic acids is 2. The molecule has 0 aliphatic carbocycles. The number of esters is 1. The first kappa shape index (κ1) is 24.7. The van der Waals surface area contributed by atoms with Gasteiger partial charge < -0.3 is 15.2 Å². The summed E-state index contributed by atoms with van der Waals surface area (Å²) in [6.07, 6.45) is 0.724. The van der Waals surface area contributed by atoms with Gasteiger partial charge >= 0.3 is 5.97 Å². The van der Waals surface area contributed by atoms with Crippen LogP contribution in [0.25, 0.3) is 11.1 Å². The fourth-order valence-corrected chi connectivity index (χ4v) is 3.43. The highest BCUT2D eigenvalue weighted by molar-refractivity contribution is 6.00. The van der Waals surface area contributed by atoms with Crippen LogP contribution in [0, 0.1) is 19.3 Å². The van der Waals surface area contributed by atoms with Gasteiger partial charge in [0.2, 0.25) is 0 Å². The van der Waals surface area contributed by atoms with Crippen molar-refractivity contribution in [2.75, 3.05) is 19.8 Å². The summed E-state index contributed by atoms with van der Waals surface area (Å²) >= 11 is 0. The van der Waals surface area contributed by atoms with Crippen LogP contribution in [0.15, 0.2) is 24.3 Å². The van der Waals surface area contributed by atoms with E-state index in [9.17, 15) is 9.59 Å². The Balaban J connectivity index is 2.57. The van der Waals surface area contributed by atoms with Crippen molar-refractivity contribution in [2.45, 2.75) is 54.5 Å². The molecule has 0 aliphatic heterocycles. The zero-order chi connectivity index (χ0) is 23.2. The summed E-state index contributed by atoms with van der Waals surface area (Å²) in [4.78, 5) is 29.7. The number of nitrogens with two attached hydrogens (primary N) is 1. The Morgan fingerprint density at radius 1 is 1.06 bits per heavy atom. The molecule has 2 rings (SSSR count). The minimum absolute atomic E-state index is 0.00162. The van der Waals surface area contributed by atoms with Gasteiger partial charge in [-0.25, -0.2) is 4.79 Å². The predicted octanol–water partition coefficient (Wildman–Crippen LogP) is 4.18. The zero-order valence-electron chi connectivity index (χ0n) is 19.5. The van der Waals surface area contributed by atoms with E-state index in [0.717, 1.165) is 34.4 Å². The topological polar surface area (TPSA) is 91.5 Å². The Labute approximate surface area is 185 Å². The molecule has 0 amide bonds. The number of carbonyl (C=O) groups is 2. The largest absolute Gasteiger partial charge is 0.454 e. The summed E-state index contributed by atoms with van der Waals surface area (Å²) in [5, 5.41) is 0. The minimum atomic E-state index is -0.581. The summed E-state index contributed by atoms with van der Waals surface area (Å²) < 4.78 is 10.4.